The summed E-state index contributed by atoms with van der Waals surface area (Å²) in [7, 11) is 0. The van der Waals surface area contributed by atoms with Gasteiger partial charge in [-0.15, -0.1) is 6.58 Å². The van der Waals surface area contributed by atoms with Crippen LogP contribution in [0, 0.1) is 16.6 Å². The Morgan fingerprint density at radius 2 is 1.64 bits per heavy atom. The van der Waals surface area contributed by atoms with Gasteiger partial charge >= 0.3 is 0 Å². The van der Waals surface area contributed by atoms with Gasteiger partial charge in [0.1, 0.15) is 5.82 Å². The van der Waals surface area contributed by atoms with Crippen molar-refractivity contribution in [3.8, 4) is 5.69 Å². The SMILES string of the molecule is C=CCC1O[C@]2(CCCC3=Cc4c(cnn4-c4ccc(F)cc4)C[C@@]32C)CC1(Cc1ccccc1)Cc1ccccc1. The molecule has 1 saturated heterocycles. The first-order chi connectivity index (χ1) is 20.4. The van der Waals surface area contributed by atoms with Crippen LogP contribution in [-0.4, -0.2) is 21.5 Å². The summed E-state index contributed by atoms with van der Waals surface area (Å²) in [6, 6.07) is 28.5. The van der Waals surface area contributed by atoms with Gasteiger partial charge in [-0.05, 0) is 98.4 Å². The van der Waals surface area contributed by atoms with Gasteiger partial charge < -0.3 is 4.74 Å². The highest BCUT2D eigenvalue weighted by Gasteiger charge is 2.64. The Morgan fingerprint density at radius 3 is 2.29 bits per heavy atom. The molecule has 1 unspecified atom stereocenters. The number of aromatic nitrogens is 2. The number of fused-ring (bicyclic) bond motifs is 3. The minimum Gasteiger partial charge on any atom is -0.370 e. The van der Waals surface area contributed by atoms with Crippen molar-refractivity contribution in [1.29, 1.82) is 0 Å². The van der Waals surface area contributed by atoms with E-state index in [0.29, 0.717) is 0 Å². The van der Waals surface area contributed by atoms with Gasteiger partial charge in [0, 0.05) is 10.8 Å². The minimum absolute atomic E-state index is 0.0546. The molecule has 3 aliphatic rings. The van der Waals surface area contributed by atoms with Gasteiger partial charge in [0.05, 0.1) is 29.3 Å². The van der Waals surface area contributed by atoms with Crippen molar-refractivity contribution in [3.05, 3.63) is 138 Å². The first-order valence-electron chi connectivity index (χ1n) is 15.3. The third-order valence-electron chi connectivity index (χ3n) is 10.4. The average Bonchev–Trinajstić information content (AvgIpc) is 3.53. The topological polar surface area (TPSA) is 27.1 Å². The van der Waals surface area contributed by atoms with Gasteiger partial charge in [0.25, 0.3) is 0 Å². The molecule has 0 N–H and O–H groups in total. The lowest BCUT2D eigenvalue weighted by atomic mass is 9.53. The number of hydrogen-bond acceptors (Lipinski definition) is 2. The first kappa shape index (κ1) is 27.1. The van der Waals surface area contributed by atoms with Gasteiger partial charge in [0.2, 0.25) is 0 Å². The molecule has 3 aromatic carbocycles. The molecular formula is C38H39FN2O. The van der Waals surface area contributed by atoms with E-state index in [4.69, 9.17) is 9.84 Å². The smallest absolute Gasteiger partial charge is 0.123 e. The Morgan fingerprint density at radius 1 is 0.976 bits per heavy atom. The van der Waals surface area contributed by atoms with Gasteiger partial charge in [0.15, 0.2) is 0 Å². The van der Waals surface area contributed by atoms with Crippen LogP contribution in [0.3, 0.4) is 0 Å². The zero-order valence-corrected chi connectivity index (χ0v) is 24.4. The molecule has 7 rings (SSSR count). The average molecular weight is 559 g/mol. The van der Waals surface area contributed by atoms with E-state index < -0.39 is 0 Å². The highest BCUT2D eigenvalue weighted by atomic mass is 19.1. The van der Waals surface area contributed by atoms with E-state index in [2.05, 4.69) is 86.3 Å². The minimum atomic E-state index is -0.274. The van der Waals surface area contributed by atoms with Crippen LogP contribution in [0.25, 0.3) is 11.8 Å². The number of ether oxygens (including phenoxy) is 1. The summed E-state index contributed by atoms with van der Waals surface area (Å²) in [6.45, 7) is 6.62. The summed E-state index contributed by atoms with van der Waals surface area (Å²) in [5.41, 5.74) is 6.96. The van der Waals surface area contributed by atoms with E-state index >= 15 is 0 Å². The van der Waals surface area contributed by atoms with Crippen molar-refractivity contribution in [3.63, 3.8) is 0 Å². The fourth-order valence-corrected chi connectivity index (χ4v) is 8.39. The van der Waals surface area contributed by atoms with Crippen LogP contribution in [0.15, 0.2) is 109 Å². The molecule has 2 heterocycles. The normalized spacial score (nSPS) is 26.0. The van der Waals surface area contributed by atoms with Crippen LogP contribution in [0.5, 0.6) is 0 Å². The summed E-state index contributed by atoms with van der Waals surface area (Å²) >= 11 is 0. The Labute approximate surface area is 248 Å². The lowest BCUT2D eigenvalue weighted by Crippen LogP contribution is -2.52. The maximum Gasteiger partial charge on any atom is 0.123 e. The second kappa shape index (κ2) is 10.5. The highest BCUT2D eigenvalue weighted by molar-refractivity contribution is 5.62. The standard InChI is InChI=1S/C38H39FN2O/c1-3-11-35-37(23-28-12-6-4-7-13-28,24-29-14-8-5-9-15-29)27-38(42-35)21-10-16-31-22-34-30(25-36(31,38)2)26-40-41(34)33-19-17-32(39)18-20-33/h3-9,12-15,17-20,22,26,35H,1,10-11,16,21,23-25,27H2,2H3/t35?,36-,38+/m0/s1. The summed E-state index contributed by atoms with van der Waals surface area (Å²) < 4.78 is 23.1. The van der Waals surface area contributed by atoms with E-state index in [9.17, 15) is 4.39 Å². The molecule has 1 saturated carbocycles. The summed E-state index contributed by atoms with van der Waals surface area (Å²) in [5, 5.41) is 4.78. The Kier molecular flexibility index (Phi) is 6.78. The monoisotopic (exact) mass is 558 g/mol. The largest absolute Gasteiger partial charge is 0.370 e. The van der Waals surface area contributed by atoms with E-state index in [0.717, 1.165) is 62.7 Å². The van der Waals surface area contributed by atoms with E-state index in [1.807, 2.05) is 10.9 Å². The molecule has 0 amide bonds. The van der Waals surface area contributed by atoms with Crippen molar-refractivity contribution in [2.75, 3.05) is 0 Å². The molecule has 0 radical (unpaired) electrons. The molecule has 2 aliphatic carbocycles. The summed E-state index contributed by atoms with van der Waals surface area (Å²) in [6.07, 6.45) is 14.4. The van der Waals surface area contributed by atoms with Crippen LogP contribution >= 0.6 is 0 Å². The second-order valence-corrected chi connectivity index (χ2v) is 13.0. The van der Waals surface area contributed by atoms with Crippen LogP contribution in [0.1, 0.15) is 61.4 Å². The third-order valence-corrected chi connectivity index (χ3v) is 10.4. The van der Waals surface area contributed by atoms with Crippen molar-refractivity contribution >= 4 is 6.08 Å². The number of nitrogens with zero attached hydrogens (tertiary/aromatic N) is 2. The van der Waals surface area contributed by atoms with Gasteiger partial charge in [-0.3, -0.25) is 0 Å². The third kappa shape index (κ3) is 4.48. The molecule has 3 atom stereocenters. The van der Waals surface area contributed by atoms with Crippen LogP contribution < -0.4 is 0 Å². The maximum absolute atomic E-state index is 13.7. The second-order valence-electron chi connectivity index (χ2n) is 13.0. The van der Waals surface area contributed by atoms with Gasteiger partial charge in [-0.1, -0.05) is 79.2 Å². The molecule has 1 aromatic heterocycles. The summed E-state index contributed by atoms with van der Waals surface area (Å²) in [5.74, 6) is -0.234. The van der Waals surface area contributed by atoms with Crippen molar-refractivity contribution < 1.29 is 9.13 Å². The zero-order chi connectivity index (χ0) is 28.8. The maximum atomic E-state index is 13.7. The van der Waals surface area contributed by atoms with Crippen LogP contribution in [0.4, 0.5) is 4.39 Å². The molecule has 4 heteroatoms. The van der Waals surface area contributed by atoms with Crippen molar-refractivity contribution in [2.45, 2.75) is 70.0 Å². The van der Waals surface area contributed by atoms with E-state index in [1.165, 1.54) is 34.4 Å². The molecule has 0 bridgehead atoms. The van der Waals surface area contributed by atoms with E-state index in [-0.39, 0.29) is 28.4 Å². The van der Waals surface area contributed by atoms with Crippen LogP contribution in [-0.2, 0) is 24.0 Å². The molecule has 42 heavy (non-hydrogen) atoms. The fraction of sp³-hybridized carbons (Fsp3) is 0.342. The van der Waals surface area contributed by atoms with E-state index in [1.54, 1.807) is 12.1 Å². The molecule has 2 fully saturated rings. The number of benzene rings is 3. The van der Waals surface area contributed by atoms with Crippen molar-refractivity contribution in [1.82, 2.24) is 9.78 Å². The lowest BCUT2D eigenvalue weighted by molar-refractivity contribution is -0.126. The predicted octanol–water partition coefficient (Wildman–Crippen LogP) is 8.72. The fourth-order valence-electron chi connectivity index (χ4n) is 8.39. The Balaban J connectivity index is 1.31. The molecule has 4 aromatic rings. The zero-order valence-electron chi connectivity index (χ0n) is 24.4. The Hall–Kier alpha value is -3.76. The summed E-state index contributed by atoms with van der Waals surface area (Å²) in [4.78, 5) is 0. The molecule has 1 spiro atoms. The number of hydrogen-bond donors (Lipinski definition) is 0. The van der Waals surface area contributed by atoms with Crippen LogP contribution in [0.2, 0.25) is 0 Å². The van der Waals surface area contributed by atoms with Crippen molar-refractivity contribution in [2.24, 2.45) is 10.8 Å². The van der Waals surface area contributed by atoms with Gasteiger partial charge in [-0.2, -0.15) is 5.10 Å². The number of halogens is 1. The van der Waals surface area contributed by atoms with Gasteiger partial charge in [-0.25, -0.2) is 9.07 Å². The molecular weight excluding hydrogens is 519 g/mol. The molecule has 214 valence electrons. The first-order valence-corrected chi connectivity index (χ1v) is 15.3. The number of rotatable bonds is 7. The lowest BCUT2D eigenvalue weighted by Gasteiger charge is -2.53. The Bertz CT molecular complexity index is 1560. The molecule has 3 nitrogen and oxygen atoms in total. The highest BCUT2D eigenvalue weighted by Crippen LogP contribution is 2.64. The quantitative estimate of drug-likeness (QED) is 0.212. The molecule has 1 aliphatic heterocycles. The predicted molar refractivity (Wildman–Crippen MR) is 167 cm³/mol.